The maximum absolute atomic E-state index is 10.3. The van der Waals surface area contributed by atoms with Crippen LogP contribution in [0.1, 0.15) is 16.7 Å². The fourth-order valence-corrected chi connectivity index (χ4v) is 1.31. The highest BCUT2D eigenvalue weighted by Gasteiger charge is 2.01. The number of carbonyl (C=O) groups is 1. The van der Waals surface area contributed by atoms with E-state index in [2.05, 4.69) is 18.3 Å². The van der Waals surface area contributed by atoms with Gasteiger partial charge in [0.25, 0.3) is 0 Å². The van der Waals surface area contributed by atoms with Crippen LogP contribution in [0.25, 0.3) is 0 Å². The van der Waals surface area contributed by atoms with E-state index in [1.54, 1.807) is 0 Å². The first-order chi connectivity index (χ1) is 6.61. The molecule has 1 aromatic rings. The van der Waals surface area contributed by atoms with Gasteiger partial charge in [-0.2, -0.15) is 0 Å². The number of aliphatic carboxylic acids is 1. The highest BCUT2D eigenvalue weighted by atomic mass is 16.4. The zero-order valence-electron chi connectivity index (χ0n) is 8.50. The van der Waals surface area contributed by atoms with Crippen molar-refractivity contribution in [3.8, 4) is 0 Å². The van der Waals surface area contributed by atoms with Crippen LogP contribution in [0.2, 0.25) is 0 Å². The standard InChI is InChI=1S/C11H15NO2/c1-8-4-3-5-10(9(8)2)6-12-7-11(13)14/h3-5,12H,6-7H2,1-2H3,(H,13,14). The second-order valence-electron chi connectivity index (χ2n) is 3.36. The molecule has 3 nitrogen and oxygen atoms in total. The van der Waals surface area contributed by atoms with Crippen molar-refractivity contribution < 1.29 is 9.90 Å². The molecule has 1 aromatic carbocycles. The van der Waals surface area contributed by atoms with Gasteiger partial charge in [-0.25, -0.2) is 0 Å². The normalized spacial score (nSPS) is 10.1. The van der Waals surface area contributed by atoms with Crippen molar-refractivity contribution in [2.75, 3.05) is 6.54 Å². The molecule has 76 valence electrons. The van der Waals surface area contributed by atoms with Crippen LogP contribution < -0.4 is 5.32 Å². The van der Waals surface area contributed by atoms with Gasteiger partial charge in [0.1, 0.15) is 0 Å². The Kier molecular flexibility index (Phi) is 3.65. The molecule has 0 fully saturated rings. The van der Waals surface area contributed by atoms with Gasteiger partial charge in [0.05, 0.1) is 6.54 Å². The third-order valence-corrected chi connectivity index (χ3v) is 2.31. The minimum Gasteiger partial charge on any atom is -0.480 e. The molecule has 0 aliphatic heterocycles. The number of hydrogen-bond donors (Lipinski definition) is 2. The molecule has 14 heavy (non-hydrogen) atoms. The first-order valence-electron chi connectivity index (χ1n) is 4.59. The molecule has 0 heterocycles. The summed E-state index contributed by atoms with van der Waals surface area (Å²) in [6, 6.07) is 6.05. The number of carboxylic acids is 1. The summed E-state index contributed by atoms with van der Waals surface area (Å²) < 4.78 is 0. The highest BCUT2D eigenvalue weighted by molar-refractivity contribution is 5.69. The number of aryl methyl sites for hydroxylation is 1. The van der Waals surface area contributed by atoms with Crippen molar-refractivity contribution in [1.29, 1.82) is 0 Å². The van der Waals surface area contributed by atoms with Gasteiger partial charge in [0.15, 0.2) is 0 Å². The van der Waals surface area contributed by atoms with E-state index >= 15 is 0 Å². The molecule has 0 bridgehead atoms. The summed E-state index contributed by atoms with van der Waals surface area (Å²) in [5, 5.41) is 11.3. The Morgan fingerprint density at radius 2 is 2.14 bits per heavy atom. The zero-order valence-corrected chi connectivity index (χ0v) is 8.50. The average molecular weight is 193 g/mol. The van der Waals surface area contributed by atoms with Crippen molar-refractivity contribution in [2.24, 2.45) is 0 Å². The average Bonchev–Trinajstić information content (AvgIpc) is 2.12. The summed E-state index contributed by atoms with van der Waals surface area (Å²) >= 11 is 0. The van der Waals surface area contributed by atoms with Crippen LogP contribution in [0.3, 0.4) is 0 Å². The topological polar surface area (TPSA) is 49.3 Å². The molecule has 2 N–H and O–H groups in total. The van der Waals surface area contributed by atoms with Crippen LogP contribution >= 0.6 is 0 Å². The molecule has 0 atom stereocenters. The van der Waals surface area contributed by atoms with Crippen molar-refractivity contribution in [3.05, 3.63) is 34.9 Å². The van der Waals surface area contributed by atoms with E-state index in [0.29, 0.717) is 6.54 Å². The minimum absolute atomic E-state index is 0.00732. The van der Waals surface area contributed by atoms with Gasteiger partial charge in [-0.1, -0.05) is 18.2 Å². The van der Waals surface area contributed by atoms with E-state index in [1.807, 2.05) is 19.1 Å². The summed E-state index contributed by atoms with van der Waals surface area (Å²) in [5.74, 6) is -0.824. The van der Waals surface area contributed by atoms with Gasteiger partial charge < -0.3 is 10.4 Å². The molecule has 1 rings (SSSR count). The van der Waals surface area contributed by atoms with E-state index in [1.165, 1.54) is 11.1 Å². The molecular weight excluding hydrogens is 178 g/mol. The maximum Gasteiger partial charge on any atom is 0.317 e. The fourth-order valence-electron chi connectivity index (χ4n) is 1.31. The zero-order chi connectivity index (χ0) is 10.6. The summed E-state index contributed by atoms with van der Waals surface area (Å²) in [7, 11) is 0. The van der Waals surface area contributed by atoms with Crippen molar-refractivity contribution >= 4 is 5.97 Å². The molecule has 0 radical (unpaired) electrons. The Morgan fingerprint density at radius 3 is 2.79 bits per heavy atom. The van der Waals surface area contributed by atoms with E-state index < -0.39 is 5.97 Å². The van der Waals surface area contributed by atoms with Gasteiger partial charge in [0.2, 0.25) is 0 Å². The van der Waals surface area contributed by atoms with Gasteiger partial charge >= 0.3 is 5.97 Å². The molecule has 0 saturated heterocycles. The Hall–Kier alpha value is -1.35. The van der Waals surface area contributed by atoms with Crippen molar-refractivity contribution in [2.45, 2.75) is 20.4 Å². The van der Waals surface area contributed by atoms with Crippen LogP contribution in [0.15, 0.2) is 18.2 Å². The quantitative estimate of drug-likeness (QED) is 0.761. The van der Waals surface area contributed by atoms with Crippen molar-refractivity contribution in [1.82, 2.24) is 5.32 Å². The van der Waals surface area contributed by atoms with E-state index in [-0.39, 0.29) is 6.54 Å². The number of nitrogens with one attached hydrogen (secondary N) is 1. The van der Waals surface area contributed by atoms with Crippen molar-refractivity contribution in [3.63, 3.8) is 0 Å². The molecular formula is C11H15NO2. The lowest BCUT2D eigenvalue weighted by Gasteiger charge is -2.08. The number of carboxylic acid groups (broad SMARTS) is 1. The van der Waals surface area contributed by atoms with Gasteiger partial charge in [-0.3, -0.25) is 4.79 Å². The SMILES string of the molecule is Cc1cccc(CNCC(=O)O)c1C. The Bertz CT molecular complexity index is 334. The van der Waals surface area contributed by atoms with E-state index in [4.69, 9.17) is 5.11 Å². The van der Waals surface area contributed by atoms with Crippen LogP contribution in [0, 0.1) is 13.8 Å². The summed E-state index contributed by atoms with van der Waals surface area (Å²) in [4.78, 5) is 10.3. The molecule has 0 amide bonds. The lowest BCUT2D eigenvalue weighted by Crippen LogP contribution is -2.22. The highest BCUT2D eigenvalue weighted by Crippen LogP contribution is 2.11. The third-order valence-electron chi connectivity index (χ3n) is 2.31. The molecule has 0 aliphatic carbocycles. The Labute approximate surface area is 83.8 Å². The predicted molar refractivity (Wildman–Crippen MR) is 55.3 cm³/mol. The molecule has 3 heteroatoms. The molecule has 0 unspecified atom stereocenters. The number of hydrogen-bond acceptors (Lipinski definition) is 2. The first-order valence-corrected chi connectivity index (χ1v) is 4.59. The monoisotopic (exact) mass is 193 g/mol. The second-order valence-corrected chi connectivity index (χ2v) is 3.36. The lowest BCUT2D eigenvalue weighted by molar-refractivity contribution is -0.135. The number of benzene rings is 1. The van der Waals surface area contributed by atoms with Crippen LogP contribution in [0.5, 0.6) is 0 Å². The van der Waals surface area contributed by atoms with Crippen LogP contribution in [-0.2, 0) is 11.3 Å². The fraction of sp³-hybridized carbons (Fsp3) is 0.364. The van der Waals surface area contributed by atoms with E-state index in [9.17, 15) is 4.79 Å². The summed E-state index contributed by atoms with van der Waals surface area (Å²) in [6.07, 6.45) is 0. The first kappa shape index (κ1) is 10.7. The third kappa shape index (κ3) is 2.85. The van der Waals surface area contributed by atoms with Gasteiger partial charge in [-0.15, -0.1) is 0 Å². The largest absolute Gasteiger partial charge is 0.480 e. The Balaban J connectivity index is 2.59. The molecule has 0 saturated carbocycles. The molecule has 0 spiro atoms. The smallest absolute Gasteiger partial charge is 0.317 e. The summed E-state index contributed by atoms with van der Waals surface area (Å²) in [5.41, 5.74) is 3.62. The molecule has 0 aromatic heterocycles. The summed E-state index contributed by atoms with van der Waals surface area (Å²) in [6.45, 7) is 4.72. The second kappa shape index (κ2) is 4.77. The van der Waals surface area contributed by atoms with Gasteiger partial charge in [0, 0.05) is 6.54 Å². The van der Waals surface area contributed by atoms with Crippen LogP contribution in [-0.4, -0.2) is 17.6 Å². The predicted octanol–water partition coefficient (Wildman–Crippen LogP) is 1.48. The Morgan fingerprint density at radius 1 is 1.43 bits per heavy atom. The lowest BCUT2D eigenvalue weighted by atomic mass is 10.0. The minimum atomic E-state index is -0.824. The van der Waals surface area contributed by atoms with Gasteiger partial charge in [-0.05, 0) is 30.5 Å². The van der Waals surface area contributed by atoms with Crippen LogP contribution in [0.4, 0.5) is 0 Å². The number of rotatable bonds is 4. The van der Waals surface area contributed by atoms with E-state index in [0.717, 1.165) is 5.56 Å². The maximum atomic E-state index is 10.3. The molecule has 0 aliphatic rings.